The molecule has 0 fully saturated rings. The second-order valence-corrected chi connectivity index (χ2v) is 6.60. The van der Waals surface area contributed by atoms with Crippen molar-refractivity contribution in [2.75, 3.05) is 20.0 Å². The Morgan fingerprint density at radius 3 is 2.58 bits per heavy atom. The largest absolute Gasteiger partial charge is 0.468 e. The van der Waals surface area contributed by atoms with E-state index in [1.54, 1.807) is 24.3 Å². The number of carbonyl (C=O) groups is 3. The summed E-state index contributed by atoms with van der Waals surface area (Å²) < 4.78 is 9.31. The minimum absolute atomic E-state index is 0.102. The Morgan fingerprint density at radius 1 is 1.31 bits per heavy atom. The van der Waals surface area contributed by atoms with E-state index in [0.717, 1.165) is 18.9 Å². The maximum atomic E-state index is 12.5. The molecule has 1 N–H and O–H groups in total. The number of methoxy groups -OCH3 is 2. The zero-order valence-electron chi connectivity index (χ0n) is 13.9. The van der Waals surface area contributed by atoms with Crippen molar-refractivity contribution in [1.82, 2.24) is 5.32 Å². The third kappa shape index (κ3) is 4.00. The van der Waals surface area contributed by atoms with Gasteiger partial charge in [0.2, 0.25) is 5.91 Å². The SMILES string of the molecule is COC(=O)CSC1=C(C#N)[C@@H](c2ccccc2Cl)[C@H](C(=O)OC)C(=O)N1. The van der Waals surface area contributed by atoms with Crippen molar-refractivity contribution in [2.45, 2.75) is 5.92 Å². The summed E-state index contributed by atoms with van der Waals surface area (Å²) in [4.78, 5) is 36.2. The molecule has 0 aromatic heterocycles. The molecule has 0 unspecified atom stereocenters. The van der Waals surface area contributed by atoms with Crippen molar-refractivity contribution in [3.63, 3.8) is 0 Å². The topological polar surface area (TPSA) is 105 Å². The van der Waals surface area contributed by atoms with Crippen LogP contribution >= 0.6 is 23.4 Å². The van der Waals surface area contributed by atoms with Crippen LogP contribution in [0.1, 0.15) is 11.5 Å². The van der Waals surface area contributed by atoms with Gasteiger partial charge >= 0.3 is 11.9 Å². The Bertz CT molecular complexity index is 818. The Morgan fingerprint density at radius 2 is 2.00 bits per heavy atom. The normalized spacial score (nSPS) is 19.4. The van der Waals surface area contributed by atoms with E-state index in [-0.39, 0.29) is 16.4 Å². The smallest absolute Gasteiger partial charge is 0.319 e. The predicted molar refractivity (Wildman–Crippen MR) is 95.0 cm³/mol. The highest BCUT2D eigenvalue weighted by Gasteiger charge is 2.45. The number of carbonyl (C=O) groups excluding carboxylic acids is 3. The molecule has 0 aliphatic carbocycles. The van der Waals surface area contributed by atoms with Gasteiger partial charge in [0.05, 0.1) is 36.6 Å². The molecule has 0 bridgehead atoms. The first-order valence-corrected chi connectivity index (χ1v) is 8.78. The minimum atomic E-state index is -1.27. The monoisotopic (exact) mass is 394 g/mol. The first-order valence-electron chi connectivity index (χ1n) is 7.41. The number of rotatable bonds is 5. The van der Waals surface area contributed by atoms with Crippen molar-refractivity contribution >= 4 is 41.2 Å². The average Bonchev–Trinajstić information content (AvgIpc) is 2.65. The lowest BCUT2D eigenvalue weighted by Crippen LogP contribution is -2.44. The summed E-state index contributed by atoms with van der Waals surface area (Å²) in [6.45, 7) is 0. The first-order chi connectivity index (χ1) is 12.4. The number of esters is 2. The lowest BCUT2D eigenvalue weighted by Gasteiger charge is -2.31. The van der Waals surface area contributed by atoms with Crippen molar-refractivity contribution in [3.8, 4) is 6.07 Å². The number of amides is 1. The molecule has 0 radical (unpaired) electrons. The molecule has 0 saturated heterocycles. The number of allylic oxidation sites excluding steroid dienone is 1. The van der Waals surface area contributed by atoms with Gasteiger partial charge in [-0.25, -0.2) is 0 Å². The zero-order chi connectivity index (χ0) is 19.3. The van der Waals surface area contributed by atoms with Gasteiger partial charge in [0, 0.05) is 10.9 Å². The van der Waals surface area contributed by atoms with Crippen LogP contribution in [-0.2, 0) is 23.9 Å². The zero-order valence-corrected chi connectivity index (χ0v) is 15.5. The summed E-state index contributed by atoms with van der Waals surface area (Å²) in [6, 6.07) is 8.66. The van der Waals surface area contributed by atoms with E-state index >= 15 is 0 Å². The summed E-state index contributed by atoms with van der Waals surface area (Å²) in [5.74, 6) is -4.22. The summed E-state index contributed by atoms with van der Waals surface area (Å²) in [6.07, 6.45) is 0. The molecule has 136 valence electrons. The van der Waals surface area contributed by atoms with Gasteiger partial charge in [0.25, 0.3) is 0 Å². The first kappa shape index (κ1) is 19.8. The fourth-order valence-electron chi connectivity index (χ4n) is 2.57. The van der Waals surface area contributed by atoms with Gasteiger partial charge in [0.1, 0.15) is 5.92 Å². The fourth-order valence-corrected chi connectivity index (χ4v) is 3.71. The summed E-state index contributed by atoms with van der Waals surface area (Å²) in [5, 5.41) is 12.7. The third-order valence-electron chi connectivity index (χ3n) is 3.79. The van der Waals surface area contributed by atoms with E-state index in [1.165, 1.54) is 7.11 Å². The van der Waals surface area contributed by atoms with Crippen LogP contribution in [0.4, 0.5) is 0 Å². The quantitative estimate of drug-likeness (QED) is 0.601. The number of nitrogens with zero attached hydrogens (tertiary/aromatic N) is 1. The number of benzene rings is 1. The molecule has 1 aromatic carbocycles. The van der Waals surface area contributed by atoms with Gasteiger partial charge in [-0.15, -0.1) is 0 Å². The predicted octanol–water partition coefficient (Wildman–Crippen LogP) is 1.98. The van der Waals surface area contributed by atoms with E-state index < -0.39 is 29.7 Å². The summed E-state index contributed by atoms with van der Waals surface area (Å²) >= 11 is 7.19. The molecule has 0 spiro atoms. The fraction of sp³-hybridized carbons (Fsp3) is 0.294. The molecule has 1 aliphatic heterocycles. The summed E-state index contributed by atoms with van der Waals surface area (Å²) in [7, 11) is 2.40. The Labute approximate surface area is 159 Å². The van der Waals surface area contributed by atoms with E-state index in [0.29, 0.717) is 10.6 Å². The van der Waals surface area contributed by atoms with Crippen LogP contribution < -0.4 is 5.32 Å². The van der Waals surface area contributed by atoms with Crippen LogP contribution in [0.3, 0.4) is 0 Å². The van der Waals surface area contributed by atoms with Crippen molar-refractivity contribution in [3.05, 3.63) is 45.5 Å². The van der Waals surface area contributed by atoms with Crippen molar-refractivity contribution in [2.24, 2.45) is 5.92 Å². The summed E-state index contributed by atoms with van der Waals surface area (Å²) in [5.41, 5.74) is 0.578. The van der Waals surface area contributed by atoms with Gasteiger partial charge in [0.15, 0.2) is 0 Å². The van der Waals surface area contributed by atoms with Gasteiger partial charge in [-0.2, -0.15) is 5.26 Å². The van der Waals surface area contributed by atoms with Crippen LogP contribution in [0, 0.1) is 17.2 Å². The van der Waals surface area contributed by atoms with Crippen molar-refractivity contribution in [1.29, 1.82) is 5.26 Å². The molecule has 7 nitrogen and oxygen atoms in total. The second-order valence-electron chi connectivity index (χ2n) is 5.21. The number of nitriles is 1. The minimum Gasteiger partial charge on any atom is -0.468 e. The molecule has 2 rings (SSSR count). The van der Waals surface area contributed by atoms with Crippen molar-refractivity contribution < 1.29 is 23.9 Å². The highest BCUT2D eigenvalue weighted by Crippen LogP contribution is 2.42. The Balaban J connectivity index is 2.58. The maximum Gasteiger partial charge on any atom is 0.319 e. The molecule has 26 heavy (non-hydrogen) atoms. The highest BCUT2D eigenvalue weighted by molar-refractivity contribution is 8.03. The molecule has 1 heterocycles. The number of thioether (sulfide) groups is 1. The van der Waals surface area contributed by atoms with E-state index in [1.807, 2.05) is 6.07 Å². The van der Waals surface area contributed by atoms with E-state index in [9.17, 15) is 19.6 Å². The van der Waals surface area contributed by atoms with Gasteiger partial charge in [-0.1, -0.05) is 41.6 Å². The second kappa shape index (κ2) is 8.74. The van der Waals surface area contributed by atoms with Gasteiger partial charge < -0.3 is 14.8 Å². The Hall–Kier alpha value is -2.50. The standard InChI is InChI=1S/C17H15ClN2O5S/c1-24-12(21)8-26-16-10(7-19)13(9-5-3-4-6-11(9)18)14(15(22)20-16)17(23)25-2/h3-6,13-14H,8H2,1-2H3,(H,20,22)/t13-,14+/m1/s1. The van der Waals surface area contributed by atoms with Crippen LogP contribution in [0.2, 0.25) is 5.02 Å². The van der Waals surface area contributed by atoms with Gasteiger partial charge in [-0.05, 0) is 11.6 Å². The molecule has 9 heteroatoms. The average molecular weight is 395 g/mol. The molecule has 2 atom stereocenters. The van der Waals surface area contributed by atoms with E-state index in [4.69, 9.17) is 16.3 Å². The molecular formula is C17H15ClN2O5S. The number of nitrogens with one attached hydrogen (secondary N) is 1. The number of hydrogen-bond acceptors (Lipinski definition) is 7. The molecule has 1 amide bonds. The third-order valence-corrected chi connectivity index (χ3v) is 5.12. The van der Waals surface area contributed by atoms with Crippen LogP contribution in [0.5, 0.6) is 0 Å². The highest BCUT2D eigenvalue weighted by atomic mass is 35.5. The number of halogens is 1. The van der Waals surface area contributed by atoms with E-state index in [2.05, 4.69) is 10.1 Å². The molecular weight excluding hydrogens is 380 g/mol. The lowest BCUT2D eigenvalue weighted by atomic mass is 9.78. The van der Waals surface area contributed by atoms with Crippen LogP contribution in [0.25, 0.3) is 0 Å². The van der Waals surface area contributed by atoms with Crippen LogP contribution in [0.15, 0.2) is 34.9 Å². The number of ether oxygens (including phenoxy) is 2. The maximum absolute atomic E-state index is 12.5. The number of hydrogen-bond donors (Lipinski definition) is 1. The Kier molecular flexibility index (Phi) is 6.66. The molecule has 1 aliphatic rings. The lowest BCUT2D eigenvalue weighted by molar-refractivity contribution is -0.150. The van der Waals surface area contributed by atoms with Gasteiger partial charge in [-0.3, -0.25) is 14.4 Å². The molecule has 0 saturated carbocycles. The molecule has 1 aromatic rings. The van der Waals surface area contributed by atoms with Crippen LogP contribution in [-0.4, -0.2) is 37.8 Å².